The van der Waals surface area contributed by atoms with Crippen molar-refractivity contribution in [2.45, 2.75) is 77.8 Å². The van der Waals surface area contributed by atoms with Crippen molar-refractivity contribution in [3.63, 3.8) is 0 Å². The Bertz CT molecular complexity index is 245. The molecule has 0 aromatic rings. The van der Waals surface area contributed by atoms with E-state index in [-0.39, 0.29) is 6.42 Å². The topological polar surface area (TPSA) is 40.5 Å². The van der Waals surface area contributed by atoms with Gasteiger partial charge in [0.2, 0.25) is 0 Å². The fourth-order valence-electron chi connectivity index (χ4n) is 3.26. The van der Waals surface area contributed by atoms with Gasteiger partial charge in [-0.25, -0.2) is 0 Å². The Morgan fingerprint density at radius 2 is 1.89 bits per heavy atom. The number of carboxylic acid groups (broad SMARTS) is 1. The molecular weight excluding hydrogens is 226 g/mol. The highest BCUT2D eigenvalue weighted by Gasteiger charge is 2.27. The van der Waals surface area contributed by atoms with E-state index in [9.17, 15) is 4.79 Å². The Hall–Kier alpha value is -0.570. The number of nitrogens with zero attached hydrogens (tertiary/aromatic N) is 1. The van der Waals surface area contributed by atoms with E-state index >= 15 is 0 Å². The lowest BCUT2D eigenvalue weighted by atomic mass is 9.82. The largest absolute Gasteiger partial charge is 0.481 e. The first-order valence-electron chi connectivity index (χ1n) is 7.52. The van der Waals surface area contributed by atoms with Crippen LogP contribution in [0.1, 0.15) is 65.7 Å². The number of hydrogen-bond donors (Lipinski definition) is 1. The molecule has 0 bridgehead atoms. The summed E-state index contributed by atoms with van der Waals surface area (Å²) in [4.78, 5) is 13.1. The average molecular weight is 255 g/mol. The molecule has 0 radical (unpaired) electrons. The van der Waals surface area contributed by atoms with Gasteiger partial charge in [-0.05, 0) is 45.4 Å². The lowest BCUT2D eigenvalue weighted by Crippen LogP contribution is -2.43. The van der Waals surface area contributed by atoms with Crippen LogP contribution in [0.3, 0.4) is 0 Å². The van der Waals surface area contributed by atoms with Crippen molar-refractivity contribution < 1.29 is 9.90 Å². The zero-order valence-electron chi connectivity index (χ0n) is 12.2. The van der Waals surface area contributed by atoms with E-state index in [1.54, 1.807) is 0 Å². The second kappa shape index (κ2) is 7.78. The number of hydrogen-bond acceptors (Lipinski definition) is 2. The van der Waals surface area contributed by atoms with Gasteiger partial charge in [0.05, 0.1) is 6.42 Å². The number of carbonyl (C=O) groups is 1. The minimum absolute atomic E-state index is 0.271. The third-order valence-corrected chi connectivity index (χ3v) is 4.23. The van der Waals surface area contributed by atoms with Crippen molar-refractivity contribution in [3.05, 3.63) is 0 Å². The molecule has 106 valence electrons. The molecule has 18 heavy (non-hydrogen) atoms. The maximum Gasteiger partial charge on any atom is 0.304 e. The summed E-state index contributed by atoms with van der Waals surface area (Å²) in [6.45, 7) is 7.33. The van der Waals surface area contributed by atoms with E-state index in [0.29, 0.717) is 18.6 Å². The summed E-state index contributed by atoms with van der Waals surface area (Å²) < 4.78 is 0. The summed E-state index contributed by atoms with van der Waals surface area (Å²) >= 11 is 0. The fraction of sp³-hybridized carbons (Fsp3) is 0.933. The Kier molecular flexibility index (Phi) is 6.69. The standard InChI is InChI=1S/C15H29NO2/c1-4-5-13-6-8-14(9-7-13)16(12(2)3)11-10-15(17)18/h12-14H,4-11H2,1-3H3,(H,17,18). The van der Waals surface area contributed by atoms with E-state index in [2.05, 4.69) is 25.7 Å². The molecule has 0 saturated heterocycles. The molecule has 3 nitrogen and oxygen atoms in total. The monoisotopic (exact) mass is 255 g/mol. The van der Waals surface area contributed by atoms with Crippen LogP contribution >= 0.6 is 0 Å². The van der Waals surface area contributed by atoms with E-state index in [4.69, 9.17) is 5.11 Å². The third-order valence-electron chi connectivity index (χ3n) is 4.23. The van der Waals surface area contributed by atoms with E-state index in [1.807, 2.05) is 0 Å². The van der Waals surface area contributed by atoms with Gasteiger partial charge in [0.1, 0.15) is 0 Å². The molecular formula is C15H29NO2. The maximum atomic E-state index is 10.7. The van der Waals surface area contributed by atoms with Gasteiger partial charge in [-0.2, -0.15) is 0 Å². The normalized spacial score (nSPS) is 24.7. The molecule has 0 unspecified atom stereocenters. The van der Waals surface area contributed by atoms with Crippen molar-refractivity contribution in [1.29, 1.82) is 0 Å². The molecule has 0 heterocycles. The maximum absolute atomic E-state index is 10.7. The first kappa shape index (κ1) is 15.5. The van der Waals surface area contributed by atoms with Crippen molar-refractivity contribution in [1.82, 2.24) is 4.90 Å². The molecule has 0 aromatic heterocycles. The first-order valence-corrected chi connectivity index (χ1v) is 7.52. The van der Waals surface area contributed by atoms with Crippen LogP contribution in [0.25, 0.3) is 0 Å². The Balaban J connectivity index is 2.42. The Labute approximate surface area is 112 Å². The zero-order valence-corrected chi connectivity index (χ0v) is 12.2. The summed E-state index contributed by atoms with van der Waals surface area (Å²) in [7, 11) is 0. The van der Waals surface area contributed by atoms with Crippen molar-refractivity contribution >= 4 is 5.97 Å². The SMILES string of the molecule is CCCC1CCC(N(CCC(=O)O)C(C)C)CC1. The van der Waals surface area contributed by atoms with Crippen LogP contribution in [0.4, 0.5) is 0 Å². The molecule has 1 fully saturated rings. The van der Waals surface area contributed by atoms with E-state index < -0.39 is 5.97 Å². The van der Waals surface area contributed by atoms with E-state index in [0.717, 1.165) is 5.92 Å². The Morgan fingerprint density at radius 1 is 1.28 bits per heavy atom. The van der Waals surface area contributed by atoms with Crippen molar-refractivity contribution in [3.8, 4) is 0 Å². The van der Waals surface area contributed by atoms with Gasteiger partial charge in [0.15, 0.2) is 0 Å². The number of carboxylic acids is 1. The Morgan fingerprint density at radius 3 is 2.33 bits per heavy atom. The summed E-state index contributed by atoms with van der Waals surface area (Å²) in [6, 6.07) is 1.06. The van der Waals surface area contributed by atoms with Crippen molar-refractivity contribution in [2.24, 2.45) is 5.92 Å². The second-order valence-electron chi connectivity index (χ2n) is 5.94. The molecule has 0 aliphatic heterocycles. The van der Waals surface area contributed by atoms with Gasteiger partial charge < -0.3 is 5.11 Å². The summed E-state index contributed by atoms with van der Waals surface area (Å²) in [5, 5.41) is 8.83. The fourth-order valence-corrected chi connectivity index (χ4v) is 3.26. The third kappa shape index (κ3) is 4.97. The molecule has 1 aliphatic carbocycles. The van der Waals surface area contributed by atoms with Crippen LogP contribution < -0.4 is 0 Å². The van der Waals surface area contributed by atoms with Crippen LogP contribution in [-0.4, -0.2) is 34.6 Å². The van der Waals surface area contributed by atoms with Crippen LogP contribution in [0.2, 0.25) is 0 Å². The van der Waals surface area contributed by atoms with Crippen molar-refractivity contribution in [2.75, 3.05) is 6.54 Å². The van der Waals surface area contributed by atoms with Gasteiger partial charge >= 0.3 is 5.97 Å². The highest BCUT2D eigenvalue weighted by atomic mass is 16.4. The molecule has 1 aliphatic rings. The summed E-state index contributed by atoms with van der Waals surface area (Å²) in [5.74, 6) is 0.236. The minimum Gasteiger partial charge on any atom is -0.481 e. The van der Waals surface area contributed by atoms with Gasteiger partial charge in [-0.3, -0.25) is 9.69 Å². The molecule has 3 heteroatoms. The highest BCUT2D eigenvalue weighted by molar-refractivity contribution is 5.66. The average Bonchev–Trinajstić information content (AvgIpc) is 2.31. The first-order chi connectivity index (χ1) is 8.54. The molecule has 0 amide bonds. The number of rotatable bonds is 7. The van der Waals surface area contributed by atoms with Crippen LogP contribution in [0.15, 0.2) is 0 Å². The van der Waals surface area contributed by atoms with Gasteiger partial charge in [0.25, 0.3) is 0 Å². The van der Waals surface area contributed by atoms with Crippen LogP contribution in [-0.2, 0) is 4.79 Å². The minimum atomic E-state index is -0.680. The van der Waals surface area contributed by atoms with Crippen LogP contribution in [0.5, 0.6) is 0 Å². The molecule has 1 rings (SSSR count). The van der Waals surface area contributed by atoms with Crippen LogP contribution in [0, 0.1) is 5.92 Å². The van der Waals surface area contributed by atoms with Gasteiger partial charge in [-0.15, -0.1) is 0 Å². The lowest BCUT2D eigenvalue weighted by molar-refractivity contribution is -0.137. The lowest BCUT2D eigenvalue weighted by Gasteiger charge is -2.39. The predicted octanol–water partition coefficient (Wildman–Crippen LogP) is 3.53. The number of aliphatic carboxylic acids is 1. The van der Waals surface area contributed by atoms with E-state index in [1.165, 1.54) is 38.5 Å². The predicted molar refractivity (Wildman–Crippen MR) is 74.7 cm³/mol. The molecule has 0 atom stereocenters. The molecule has 0 spiro atoms. The zero-order chi connectivity index (χ0) is 13.5. The molecule has 1 N–H and O–H groups in total. The van der Waals surface area contributed by atoms with Gasteiger partial charge in [-0.1, -0.05) is 19.8 Å². The van der Waals surface area contributed by atoms with Gasteiger partial charge in [0, 0.05) is 18.6 Å². The molecule has 1 saturated carbocycles. The summed E-state index contributed by atoms with van der Waals surface area (Å²) in [5.41, 5.74) is 0. The summed E-state index contributed by atoms with van der Waals surface area (Å²) in [6.07, 6.45) is 8.09. The smallest absolute Gasteiger partial charge is 0.304 e. The quantitative estimate of drug-likeness (QED) is 0.756. The molecule has 0 aromatic carbocycles. The second-order valence-corrected chi connectivity index (χ2v) is 5.94. The highest BCUT2D eigenvalue weighted by Crippen LogP contribution is 2.31.